The summed E-state index contributed by atoms with van der Waals surface area (Å²) in [6.45, 7) is 2.29. The van der Waals surface area contributed by atoms with E-state index in [4.69, 9.17) is 4.52 Å². The highest BCUT2D eigenvalue weighted by Gasteiger charge is 2.01. The van der Waals surface area contributed by atoms with Gasteiger partial charge in [0.15, 0.2) is 0 Å². The predicted molar refractivity (Wildman–Crippen MR) is 111 cm³/mol. The summed E-state index contributed by atoms with van der Waals surface area (Å²) in [5, 5.41) is 0. The summed E-state index contributed by atoms with van der Waals surface area (Å²) in [5.41, 5.74) is 1.34. The van der Waals surface area contributed by atoms with Gasteiger partial charge < -0.3 is 4.52 Å². The van der Waals surface area contributed by atoms with Gasteiger partial charge in [0.1, 0.15) is 5.75 Å². The van der Waals surface area contributed by atoms with Crippen LogP contribution in [0.1, 0.15) is 102 Å². The Hall–Kier alpha value is -0.550. The maximum atomic E-state index is 5.33. The van der Waals surface area contributed by atoms with Crippen LogP contribution in [-0.4, -0.2) is 0 Å². The lowest BCUT2D eigenvalue weighted by Crippen LogP contribution is -1.89. The largest absolute Gasteiger partial charge is 0.480 e. The van der Waals surface area contributed by atoms with E-state index in [2.05, 4.69) is 28.5 Å². The van der Waals surface area contributed by atoms with Crippen LogP contribution in [0.25, 0.3) is 0 Å². The van der Waals surface area contributed by atoms with Crippen molar-refractivity contribution >= 4 is 9.47 Å². The van der Waals surface area contributed by atoms with E-state index in [0.29, 0.717) is 0 Å². The van der Waals surface area contributed by atoms with Crippen molar-refractivity contribution in [2.24, 2.45) is 0 Å². The van der Waals surface area contributed by atoms with Gasteiger partial charge in [-0.3, -0.25) is 0 Å². The van der Waals surface area contributed by atoms with Crippen molar-refractivity contribution in [3.05, 3.63) is 29.8 Å². The molecule has 138 valence electrons. The number of rotatable bonds is 16. The van der Waals surface area contributed by atoms with Crippen LogP contribution >= 0.6 is 9.47 Å². The molecule has 24 heavy (non-hydrogen) atoms. The standard InChI is InChI=1S/C22H39OP/c1-2-3-4-5-6-7-8-9-10-11-12-13-14-15-18-21-19-16-17-20-22(21)23-24/h16-17,19-20H,2-15,18,24H2,1H3. The lowest BCUT2D eigenvalue weighted by atomic mass is 10.0. The zero-order chi connectivity index (χ0) is 17.3. The third kappa shape index (κ3) is 11.1. The van der Waals surface area contributed by atoms with Crippen molar-refractivity contribution in [1.29, 1.82) is 0 Å². The minimum absolute atomic E-state index is 1.01. The summed E-state index contributed by atoms with van der Waals surface area (Å²) in [4.78, 5) is 0. The number of aryl methyl sites for hydroxylation is 1. The Bertz CT molecular complexity index is 391. The summed E-state index contributed by atoms with van der Waals surface area (Å²) in [5.74, 6) is 1.01. The van der Waals surface area contributed by atoms with Crippen molar-refractivity contribution in [1.82, 2.24) is 0 Å². The Labute approximate surface area is 153 Å². The fourth-order valence-electron chi connectivity index (χ4n) is 3.34. The summed E-state index contributed by atoms with van der Waals surface area (Å²) in [6, 6.07) is 8.37. The molecule has 0 saturated heterocycles. The second-order valence-electron chi connectivity index (χ2n) is 7.07. The van der Waals surface area contributed by atoms with E-state index in [0.717, 1.165) is 12.2 Å². The molecule has 1 rings (SSSR count). The van der Waals surface area contributed by atoms with Gasteiger partial charge in [-0.1, -0.05) is 109 Å². The fourth-order valence-corrected chi connectivity index (χ4v) is 3.57. The van der Waals surface area contributed by atoms with Gasteiger partial charge in [-0.05, 0) is 24.5 Å². The Kier molecular flexibility index (Phi) is 14.3. The SMILES string of the molecule is CCCCCCCCCCCCCCCCc1ccccc1OP. The van der Waals surface area contributed by atoms with Crippen LogP contribution in [0.4, 0.5) is 0 Å². The molecule has 0 bridgehead atoms. The minimum Gasteiger partial charge on any atom is -0.480 e. The van der Waals surface area contributed by atoms with Crippen molar-refractivity contribution in [3.8, 4) is 5.75 Å². The first-order valence-corrected chi connectivity index (χ1v) is 10.8. The number of hydrogen-bond donors (Lipinski definition) is 0. The maximum Gasteiger partial charge on any atom is 0.125 e. The minimum atomic E-state index is 1.01. The van der Waals surface area contributed by atoms with Crippen LogP contribution in [0.3, 0.4) is 0 Å². The highest BCUT2D eigenvalue weighted by molar-refractivity contribution is 7.10. The molecule has 2 heteroatoms. The molecule has 0 aliphatic heterocycles. The normalized spacial score (nSPS) is 10.9. The van der Waals surface area contributed by atoms with Gasteiger partial charge >= 0.3 is 0 Å². The van der Waals surface area contributed by atoms with Gasteiger partial charge in [-0.25, -0.2) is 0 Å². The molecular weight excluding hydrogens is 311 g/mol. The molecule has 0 aromatic heterocycles. The monoisotopic (exact) mass is 350 g/mol. The van der Waals surface area contributed by atoms with Crippen molar-refractivity contribution < 1.29 is 4.52 Å². The molecule has 0 aliphatic carbocycles. The molecule has 1 aromatic rings. The second-order valence-corrected chi connectivity index (χ2v) is 7.31. The molecule has 0 N–H and O–H groups in total. The van der Waals surface area contributed by atoms with Crippen LogP contribution in [0.2, 0.25) is 0 Å². The van der Waals surface area contributed by atoms with E-state index in [1.807, 2.05) is 12.1 Å². The molecule has 1 atom stereocenters. The van der Waals surface area contributed by atoms with Gasteiger partial charge in [0.05, 0.1) is 9.47 Å². The van der Waals surface area contributed by atoms with Crippen LogP contribution < -0.4 is 4.52 Å². The van der Waals surface area contributed by atoms with E-state index in [9.17, 15) is 0 Å². The molecule has 0 heterocycles. The molecule has 1 aromatic carbocycles. The maximum absolute atomic E-state index is 5.33. The van der Waals surface area contributed by atoms with E-state index < -0.39 is 0 Å². The molecule has 1 unspecified atom stereocenters. The number of hydrogen-bond acceptors (Lipinski definition) is 1. The molecule has 0 aliphatic rings. The smallest absolute Gasteiger partial charge is 0.125 e. The molecule has 0 amide bonds. The van der Waals surface area contributed by atoms with E-state index >= 15 is 0 Å². The Morgan fingerprint density at radius 3 is 1.62 bits per heavy atom. The Balaban J connectivity index is 1.84. The second kappa shape index (κ2) is 15.9. The number of benzene rings is 1. The zero-order valence-corrected chi connectivity index (χ0v) is 17.1. The molecule has 0 radical (unpaired) electrons. The quantitative estimate of drug-likeness (QED) is 0.218. The first-order chi connectivity index (χ1) is 11.9. The van der Waals surface area contributed by atoms with Gasteiger partial charge in [-0.2, -0.15) is 0 Å². The molecule has 0 saturated carbocycles. The van der Waals surface area contributed by atoms with Gasteiger partial charge in [0, 0.05) is 0 Å². The lowest BCUT2D eigenvalue weighted by Gasteiger charge is -2.07. The first-order valence-electron chi connectivity index (χ1n) is 10.3. The van der Waals surface area contributed by atoms with Crippen molar-refractivity contribution in [3.63, 3.8) is 0 Å². The average Bonchev–Trinajstić information content (AvgIpc) is 2.62. The lowest BCUT2D eigenvalue weighted by molar-refractivity contribution is 0.534. The summed E-state index contributed by atoms with van der Waals surface area (Å²) in [6.07, 6.45) is 21.0. The van der Waals surface area contributed by atoms with Crippen molar-refractivity contribution in [2.75, 3.05) is 0 Å². The molecule has 0 fully saturated rings. The van der Waals surface area contributed by atoms with E-state index in [1.54, 1.807) is 0 Å². The van der Waals surface area contributed by atoms with Crippen LogP contribution in [0, 0.1) is 0 Å². The van der Waals surface area contributed by atoms with Crippen LogP contribution in [0.5, 0.6) is 5.75 Å². The van der Waals surface area contributed by atoms with Crippen LogP contribution in [0.15, 0.2) is 24.3 Å². The topological polar surface area (TPSA) is 9.23 Å². The fraction of sp³-hybridized carbons (Fsp3) is 0.727. The number of para-hydroxylation sites is 1. The molecular formula is C22H39OP. The van der Waals surface area contributed by atoms with Gasteiger partial charge in [-0.15, -0.1) is 0 Å². The van der Waals surface area contributed by atoms with E-state index in [1.165, 1.54) is 95.5 Å². The Morgan fingerprint density at radius 1 is 0.667 bits per heavy atom. The molecule has 0 spiro atoms. The van der Waals surface area contributed by atoms with Gasteiger partial charge in [0.25, 0.3) is 0 Å². The van der Waals surface area contributed by atoms with Crippen molar-refractivity contribution in [2.45, 2.75) is 103 Å². The first kappa shape index (κ1) is 21.5. The van der Waals surface area contributed by atoms with Gasteiger partial charge in [0.2, 0.25) is 0 Å². The third-order valence-electron chi connectivity index (χ3n) is 4.90. The molecule has 1 nitrogen and oxygen atoms in total. The number of unbranched alkanes of at least 4 members (excludes halogenated alkanes) is 13. The van der Waals surface area contributed by atoms with E-state index in [-0.39, 0.29) is 0 Å². The summed E-state index contributed by atoms with van der Waals surface area (Å²) >= 11 is 0. The Morgan fingerprint density at radius 2 is 1.12 bits per heavy atom. The third-order valence-corrected chi connectivity index (χ3v) is 5.15. The average molecular weight is 351 g/mol. The highest BCUT2D eigenvalue weighted by atomic mass is 31.0. The summed E-state index contributed by atoms with van der Waals surface area (Å²) in [7, 11) is 2.36. The zero-order valence-electron chi connectivity index (χ0n) is 15.9. The van der Waals surface area contributed by atoms with Crippen LogP contribution in [-0.2, 0) is 6.42 Å². The summed E-state index contributed by atoms with van der Waals surface area (Å²) < 4.78 is 5.33. The highest BCUT2D eigenvalue weighted by Crippen LogP contribution is 2.22. The predicted octanol–water partition coefficient (Wildman–Crippen LogP) is 7.88.